The SMILES string of the molecule is Nc1nc(-c2ccc(N3CCOCC3)cn2)nc(-c2ccc(=O)n(C3CCCC3)c2)c1F. The predicted molar refractivity (Wildman–Crippen MR) is 120 cm³/mol. The Morgan fingerprint density at radius 2 is 1.84 bits per heavy atom. The van der Waals surface area contributed by atoms with Gasteiger partial charge in [0.05, 0.1) is 25.1 Å². The molecule has 2 fully saturated rings. The van der Waals surface area contributed by atoms with Crippen molar-refractivity contribution in [3.05, 3.63) is 52.8 Å². The molecule has 32 heavy (non-hydrogen) atoms. The average Bonchev–Trinajstić information content (AvgIpc) is 3.37. The Morgan fingerprint density at radius 3 is 2.56 bits per heavy atom. The second kappa shape index (κ2) is 8.66. The molecular weight excluding hydrogens is 411 g/mol. The number of halogens is 1. The van der Waals surface area contributed by atoms with Crippen molar-refractivity contribution in [1.82, 2.24) is 19.5 Å². The molecule has 0 atom stereocenters. The van der Waals surface area contributed by atoms with Crippen LogP contribution in [0.1, 0.15) is 31.7 Å². The van der Waals surface area contributed by atoms with E-state index in [0.717, 1.165) is 44.5 Å². The van der Waals surface area contributed by atoms with Gasteiger partial charge < -0.3 is 19.9 Å². The molecule has 3 aromatic heterocycles. The fraction of sp³-hybridized carbons (Fsp3) is 0.391. The highest BCUT2D eigenvalue weighted by Crippen LogP contribution is 2.31. The van der Waals surface area contributed by atoms with Crippen LogP contribution in [0.2, 0.25) is 0 Å². The van der Waals surface area contributed by atoms with Gasteiger partial charge in [-0.1, -0.05) is 12.8 Å². The lowest BCUT2D eigenvalue weighted by Gasteiger charge is -2.28. The number of anilines is 2. The summed E-state index contributed by atoms with van der Waals surface area (Å²) in [6.45, 7) is 2.99. The molecule has 8 nitrogen and oxygen atoms in total. The molecule has 3 aromatic rings. The Kier molecular flexibility index (Phi) is 5.57. The van der Waals surface area contributed by atoms with Crippen molar-refractivity contribution in [3.63, 3.8) is 0 Å². The molecule has 166 valence electrons. The van der Waals surface area contributed by atoms with Gasteiger partial charge in [-0.3, -0.25) is 9.78 Å². The Labute approximate surface area is 184 Å². The van der Waals surface area contributed by atoms with Gasteiger partial charge >= 0.3 is 0 Å². The van der Waals surface area contributed by atoms with Crippen molar-refractivity contribution in [1.29, 1.82) is 0 Å². The first kappa shape index (κ1) is 20.6. The van der Waals surface area contributed by atoms with Crippen LogP contribution in [0.3, 0.4) is 0 Å². The van der Waals surface area contributed by atoms with Crippen molar-refractivity contribution in [3.8, 4) is 22.8 Å². The molecule has 1 aliphatic heterocycles. The van der Waals surface area contributed by atoms with Crippen LogP contribution < -0.4 is 16.2 Å². The maximum atomic E-state index is 14.9. The molecule has 0 bridgehead atoms. The van der Waals surface area contributed by atoms with Crippen LogP contribution in [-0.2, 0) is 4.74 Å². The van der Waals surface area contributed by atoms with Crippen LogP contribution in [0.25, 0.3) is 22.8 Å². The van der Waals surface area contributed by atoms with Gasteiger partial charge in [0.25, 0.3) is 5.56 Å². The van der Waals surface area contributed by atoms with Crippen LogP contribution in [0.5, 0.6) is 0 Å². The smallest absolute Gasteiger partial charge is 0.250 e. The Bertz CT molecular complexity index is 1170. The maximum absolute atomic E-state index is 14.9. The van der Waals surface area contributed by atoms with E-state index < -0.39 is 5.82 Å². The zero-order valence-electron chi connectivity index (χ0n) is 17.7. The van der Waals surface area contributed by atoms with E-state index in [-0.39, 0.29) is 28.9 Å². The zero-order valence-corrected chi connectivity index (χ0v) is 17.7. The fourth-order valence-corrected chi connectivity index (χ4v) is 4.41. The molecule has 1 aliphatic carbocycles. The first-order chi connectivity index (χ1) is 15.6. The Morgan fingerprint density at radius 1 is 1.06 bits per heavy atom. The van der Waals surface area contributed by atoms with Gasteiger partial charge in [-0.2, -0.15) is 0 Å². The minimum Gasteiger partial charge on any atom is -0.381 e. The number of aromatic nitrogens is 4. The molecule has 0 amide bonds. The third-order valence-corrected chi connectivity index (χ3v) is 6.16. The van der Waals surface area contributed by atoms with Gasteiger partial charge in [0.2, 0.25) is 0 Å². The molecule has 2 aliphatic rings. The minimum atomic E-state index is -0.699. The summed E-state index contributed by atoms with van der Waals surface area (Å²) in [6.07, 6.45) is 7.51. The highest BCUT2D eigenvalue weighted by Gasteiger charge is 2.21. The third-order valence-electron chi connectivity index (χ3n) is 6.16. The summed E-state index contributed by atoms with van der Waals surface area (Å²) in [6, 6.07) is 6.92. The van der Waals surface area contributed by atoms with Gasteiger partial charge in [0.15, 0.2) is 17.5 Å². The summed E-state index contributed by atoms with van der Waals surface area (Å²) < 4.78 is 22.0. The molecule has 5 rings (SSSR count). The molecule has 0 unspecified atom stereocenters. The Balaban J connectivity index is 1.50. The summed E-state index contributed by atoms with van der Waals surface area (Å²) >= 11 is 0. The predicted octanol–water partition coefficient (Wildman–Crippen LogP) is 3.04. The van der Waals surface area contributed by atoms with E-state index in [9.17, 15) is 9.18 Å². The first-order valence-corrected chi connectivity index (χ1v) is 10.9. The lowest BCUT2D eigenvalue weighted by molar-refractivity contribution is 0.122. The first-order valence-electron chi connectivity index (χ1n) is 10.9. The van der Waals surface area contributed by atoms with Crippen molar-refractivity contribution < 1.29 is 9.13 Å². The highest BCUT2D eigenvalue weighted by atomic mass is 19.1. The largest absolute Gasteiger partial charge is 0.381 e. The van der Waals surface area contributed by atoms with E-state index in [0.29, 0.717) is 24.5 Å². The van der Waals surface area contributed by atoms with E-state index in [1.165, 1.54) is 6.07 Å². The van der Waals surface area contributed by atoms with Gasteiger partial charge in [-0.15, -0.1) is 0 Å². The quantitative estimate of drug-likeness (QED) is 0.671. The summed E-state index contributed by atoms with van der Waals surface area (Å²) in [4.78, 5) is 27.6. The maximum Gasteiger partial charge on any atom is 0.250 e. The fourth-order valence-electron chi connectivity index (χ4n) is 4.41. The topological polar surface area (TPSA) is 99.2 Å². The number of pyridine rings is 2. The summed E-state index contributed by atoms with van der Waals surface area (Å²) in [7, 11) is 0. The van der Waals surface area contributed by atoms with Gasteiger partial charge in [0.1, 0.15) is 11.4 Å². The molecule has 1 saturated heterocycles. The number of ether oxygens (including phenoxy) is 1. The number of nitrogen functional groups attached to an aromatic ring is 1. The lowest BCUT2D eigenvalue weighted by atomic mass is 10.1. The van der Waals surface area contributed by atoms with Gasteiger partial charge in [-0.25, -0.2) is 14.4 Å². The van der Waals surface area contributed by atoms with E-state index in [2.05, 4.69) is 19.9 Å². The molecule has 0 aromatic carbocycles. The van der Waals surface area contributed by atoms with E-state index in [4.69, 9.17) is 10.5 Å². The van der Waals surface area contributed by atoms with Gasteiger partial charge in [0, 0.05) is 37.0 Å². The number of nitrogens with two attached hydrogens (primary N) is 1. The molecule has 1 saturated carbocycles. The normalized spacial score (nSPS) is 17.1. The molecule has 0 spiro atoms. The molecule has 2 N–H and O–H groups in total. The molecular formula is C23H25FN6O2. The van der Waals surface area contributed by atoms with Crippen molar-refractivity contribution in [2.75, 3.05) is 36.9 Å². The molecule has 0 radical (unpaired) electrons. The van der Waals surface area contributed by atoms with Crippen LogP contribution in [0.15, 0.2) is 41.5 Å². The van der Waals surface area contributed by atoms with E-state index in [1.807, 2.05) is 6.07 Å². The number of morpholine rings is 1. The standard InChI is InChI=1S/C23H25FN6O2/c24-20-21(15-5-8-19(31)30(14-15)16-3-1-2-4-16)27-23(28-22(20)25)18-7-6-17(13-26-18)29-9-11-32-12-10-29/h5-8,13-14,16H,1-4,9-12H2,(H2,25,27,28). The van der Waals surface area contributed by atoms with Crippen molar-refractivity contribution in [2.45, 2.75) is 31.7 Å². The number of nitrogens with zero attached hydrogens (tertiary/aromatic N) is 5. The van der Waals surface area contributed by atoms with Crippen LogP contribution in [-0.4, -0.2) is 45.8 Å². The lowest BCUT2D eigenvalue weighted by Crippen LogP contribution is -2.36. The second-order valence-corrected chi connectivity index (χ2v) is 8.20. The monoisotopic (exact) mass is 436 g/mol. The summed E-state index contributed by atoms with van der Waals surface area (Å²) in [5, 5.41) is 0. The van der Waals surface area contributed by atoms with E-state index in [1.54, 1.807) is 29.1 Å². The minimum absolute atomic E-state index is 0.0679. The zero-order chi connectivity index (χ0) is 22.1. The van der Waals surface area contributed by atoms with Crippen molar-refractivity contribution >= 4 is 11.5 Å². The average molecular weight is 436 g/mol. The summed E-state index contributed by atoms with van der Waals surface area (Å²) in [5.74, 6) is -0.705. The number of rotatable bonds is 4. The number of hydrogen-bond acceptors (Lipinski definition) is 7. The third kappa shape index (κ3) is 3.95. The van der Waals surface area contributed by atoms with Crippen LogP contribution in [0.4, 0.5) is 15.9 Å². The highest BCUT2D eigenvalue weighted by molar-refractivity contribution is 5.66. The second-order valence-electron chi connectivity index (χ2n) is 8.20. The summed E-state index contributed by atoms with van der Waals surface area (Å²) in [5.41, 5.74) is 7.84. The van der Waals surface area contributed by atoms with Crippen LogP contribution >= 0.6 is 0 Å². The Hall–Kier alpha value is -3.33. The van der Waals surface area contributed by atoms with E-state index >= 15 is 0 Å². The molecule has 4 heterocycles. The van der Waals surface area contributed by atoms with Crippen molar-refractivity contribution in [2.24, 2.45) is 0 Å². The van der Waals surface area contributed by atoms with Crippen LogP contribution in [0, 0.1) is 5.82 Å². The van der Waals surface area contributed by atoms with Gasteiger partial charge in [-0.05, 0) is 31.0 Å². The molecule has 9 heteroatoms. The number of hydrogen-bond donors (Lipinski definition) is 1.